The van der Waals surface area contributed by atoms with E-state index in [4.69, 9.17) is 28.1 Å². The monoisotopic (exact) mass is 526 g/mol. The first-order valence-electron chi connectivity index (χ1n) is 13.1. The zero-order valence-electron chi connectivity index (χ0n) is 22.0. The number of Topliss-reactive ketones (excluding diaryl/α,β-unsaturated/α-hetero) is 1. The minimum Gasteiger partial charge on any atom is -0.472 e. The molecular weight excluding hydrogens is 496 g/mol. The number of hydrogen-bond acceptors (Lipinski definition) is 10. The number of furan rings is 1. The van der Waals surface area contributed by atoms with Gasteiger partial charge in [-0.1, -0.05) is 6.92 Å². The van der Waals surface area contributed by atoms with Crippen molar-refractivity contribution in [2.75, 3.05) is 6.61 Å². The van der Waals surface area contributed by atoms with Crippen LogP contribution in [0.1, 0.15) is 65.5 Å². The molecule has 2 spiro atoms. The van der Waals surface area contributed by atoms with Gasteiger partial charge in [0.05, 0.1) is 41.5 Å². The van der Waals surface area contributed by atoms with Gasteiger partial charge in [-0.05, 0) is 45.6 Å². The molecule has 0 aromatic carbocycles. The Hall–Kier alpha value is -2.98. The van der Waals surface area contributed by atoms with Crippen LogP contribution < -0.4 is 0 Å². The number of epoxide rings is 1. The van der Waals surface area contributed by atoms with Gasteiger partial charge in [0.15, 0.2) is 11.9 Å². The summed E-state index contributed by atoms with van der Waals surface area (Å²) in [4.78, 5) is 52.9. The number of hydrogen-bond donors (Lipinski definition) is 0. The Morgan fingerprint density at radius 3 is 2.53 bits per heavy atom. The van der Waals surface area contributed by atoms with E-state index in [1.54, 1.807) is 12.3 Å². The summed E-state index contributed by atoms with van der Waals surface area (Å²) in [6.45, 7) is 8.68. The third kappa shape index (κ3) is 2.43. The second-order valence-corrected chi connectivity index (χ2v) is 12.5. The summed E-state index contributed by atoms with van der Waals surface area (Å²) in [7, 11) is 0. The molecule has 0 radical (unpaired) electrons. The van der Waals surface area contributed by atoms with Crippen LogP contribution in [0.25, 0.3) is 0 Å². The van der Waals surface area contributed by atoms with Gasteiger partial charge < -0.3 is 28.1 Å². The summed E-state index contributed by atoms with van der Waals surface area (Å²) in [5.41, 5.74) is -4.02. The topological polar surface area (TPSA) is 131 Å². The number of carbonyl (C=O) groups excluding carboxylic acids is 4. The number of carbonyl (C=O) groups is 4. The first-order valence-corrected chi connectivity index (χ1v) is 13.1. The van der Waals surface area contributed by atoms with Crippen LogP contribution in [0.15, 0.2) is 34.3 Å². The average molecular weight is 527 g/mol. The summed E-state index contributed by atoms with van der Waals surface area (Å²) >= 11 is 0. The molecule has 1 saturated carbocycles. The number of ketones is 1. The third-order valence-corrected chi connectivity index (χ3v) is 10.4. The van der Waals surface area contributed by atoms with Gasteiger partial charge in [0.2, 0.25) is 5.78 Å². The number of cyclic esters (lactones) is 2. The molecule has 8 atom stereocenters. The fraction of sp³-hybridized carbons (Fsp3) is 0.643. The van der Waals surface area contributed by atoms with Crippen molar-refractivity contribution in [3.05, 3.63) is 35.5 Å². The fourth-order valence-corrected chi connectivity index (χ4v) is 9.17. The van der Waals surface area contributed by atoms with Gasteiger partial charge in [-0.2, -0.15) is 0 Å². The molecule has 6 aliphatic rings. The molecular formula is C28H30O10. The van der Waals surface area contributed by atoms with Crippen molar-refractivity contribution in [3.63, 3.8) is 0 Å². The maximum Gasteiger partial charge on any atom is 0.339 e. The van der Waals surface area contributed by atoms with Gasteiger partial charge in [-0.15, -0.1) is 0 Å². The van der Waals surface area contributed by atoms with Crippen molar-refractivity contribution in [2.24, 2.45) is 22.2 Å². The quantitative estimate of drug-likeness (QED) is 0.322. The van der Waals surface area contributed by atoms with Gasteiger partial charge in [-0.25, -0.2) is 4.79 Å². The number of fused-ring (bicyclic) bond motifs is 1. The van der Waals surface area contributed by atoms with Gasteiger partial charge in [-0.3, -0.25) is 14.4 Å². The molecule has 5 heterocycles. The van der Waals surface area contributed by atoms with Crippen LogP contribution in [0.3, 0.4) is 0 Å². The van der Waals surface area contributed by atoms with Crippen molar-refractivity contribution < 1.29 is 47.3 Å². The lowest BCUT2D eigenvalue weighted by Crippen LogP contribution is -2.71. The molecule has 1 aromatic heterocycles. The van der Waals surface area contributed by atoms with Crippen LogP contribution in [0.4, 0.5) is 0 Å². The number of allylic oxidation sites excluding steroid dienone is 1. The normalized spacial score (nSPS) is 46.1. The molecule has 5 fully saturated rings. The molecule has 10 heteroatoms. The van der Waals surface area contributed by atoms with Crippen LogP contribution >= 0.6 is 0 Å². The molecule has 4 saturated heterocycles. The average Bonchev–Trinajstić information content (AvgIpc) is 3.31. The predicted octanol–water partition coefficient (Wildman–Crippen LogP) is 2.95. The van der Waals surface area contributed by atoms with Crippen LogP contribution in [-0.2, 0) is 42.9 Å². The van der Waals surface area contributed by atoms with Crippen LogP contribution in [0, 0.1) is 22.2 Å². The second kappa shape index (κ2) is 6.96. The van der Waals surface area contributed by atoms with Crippen LogP contribution in [-0.4, -0.2) is 53.7 Å². The van der Waals surface area contributed by atoms with Crippen molar-refractivity contribution in [2.45, 2.75) is 83.4 Å². The Balaban J connectivity index is 1.49. The molecule has 0 bridgehead atoms. The zero-order valence-corrected chi connectivity index (χ0v) is 22.0. The summed E-state index contributed by atoms with van der Waals surface area (Å²) in [5, 5.41) is 0. The number of ether oxygens (including phenoxy) is 5. The number of rotatable bonds is 2. The zero-order chi connectivity index (χ0) is 27.0. The van der Waals surface area contributed by atoms with E-state index in [-0.39, 0.29) is 24.8 Å². The minimum atomic E-state index is -1.31. The molecule has 7 rings (SSSR count). The van der Waals surface area contributed by atoms with E-state index in [2.05, 4.69) is 0 Å². The molecule has 38 heavy (non-hydrogen) atoms. The molecule has 2 aliphatic carbocycles. The molecule has 4 aliphatic heterocycles. The van der Waals surface area contributed by atoms with Crippen molar-refractivity contribution >= 4 is 23.7 Å². The van der Waals surface area contributed by atoms with E-state index >= 15 is 0 Å². The Labute approximate surface area is 218 Å². The second-order valence-electron chi connectivity index (χ2n) is 12.5. The predicted molar refractivity (Wildman–Crippen MR) is 125 cm³/mol. The summed E-state index contributed by atoms with van der Waals surface area (Å²) in [6, 6.07) is 1.75. The van der Waals surface area contributed by atoms with Crippen molar-refractivity contribution in [3.8, 4) is 0 Å². The maximum absolute atomic E-state index is 14.8. The lowest BCUT2D eigenvalue weighted by atomic mass is 9.39. The Bertz CT molecular complexity index is 1340. The molecule has 202 valence electrons. The Morgan fingerprint density at radius 1 is 1.08 bits per heavy atom. The fourth-order valence-electron chi connectivity index (χ4n) is 9.17. The molecule has 8 unspecified atom stereocenters. The lowest BCUT2D eigenvalue weighted by molar-refractivity contribution is -0.213. The highest BCUT2D eigenvalue weighted by molar-refractivity contribution is 6.05. The number of esters is 3. The van der Waals surface area contributed by atoms with E-state index < -0.39 is 69.4 Å². The lowest BCUT2D eigenvalue weighted by Gasteiger charge is -2.63. The SMILES string of the molecule is CC(=O)OC1=C2C(C)(C)OC3CC(=O)OCC23C2CCC3(C)C(c4ccoc4)OC(=O)C4OC43C2(C)C1=O. The van der Waals surface area contributed by atoms with E-state index in [1.165, 1.54) is 13.2 Å². The summed E-state index contributed by atoms with van der Waals surface area (Å²) in [6.07, 6.45) is 1.94. The Kier molecular flexibility index (Phi) is 4.41. The molecule has 10 nitrogen and oxygen atoms in total. The van der Waals surface area contributed by atoms with Gasteiger partial charge in [0, 0.05) is 23.5 Å². The van der Waals surface area contributed by atoms with Crippen LogP contribution in [0.5, 0.6) is 0 Å². The maximum atomic E-state index is 14.8. The summed E-state index contributed by atoms with van der Waals surface area (Å²) in [5.74, 6) is -2.47. The molecule has 0 N–H and O–H groups in total. The smallest absolute Gasteiger partial charge is 0.339 e. The minimum absolute atomic E-state index is 0.00922. The summed E-state index contributed by atoms with van der Waals surface area (Å²) < 4.78 is 35.5. The first kappa shape index (κ1) is 24.1. The van der Waals surface area contributed by atoms with Crippen LogP contribution in [0.2, 0.25) is 0 Å². The largest absolute Gasteiger partial charge is 0.472 e. The highest BCUT2D eigenvalue weighted by atomic mass is 16.7. The van der Waals surface area contributed by atoms with E-state index in [0.717, 1.165) is 0 Å². The van der Waals surface area contributed by atoms with E-state index in [1.807, 2.05) is 27.7 Å². The van der Waals surface area contributed by atoms with Gasteiger partial charge >= 0.3 is 17.9 Å². The van der Waals surface area contributed by atoms with Gasteiger partial charge in [0.25, 0.3) is 0 Å². The van der Waals surface area contributed by atoms with Crippen molar-refractivity contribution in [1.29, 1.82) is 0 Å². The molecule has 0 amide bonds. The standard InChI is InChI=1S/C28H30O10/c1-13(29)35-18-19-24(2,3)37-16-10-17(30)34-12-27(16,19)15-6-8-25(4)21(14-7-9-33-11-14)36-23(32)22-28(25,38-22)26(15,5)20(18)31/h7,9,11,15-16,21-22H,6,8,10,12H2,1-5H3. The van der Waals surface area contributed by atoms with Crippen molar-refractivity contribution in [1.82, 2.24) is 0 Å². The van der Waals surface area contributed by atoms with E-state index in [9.17, 15) is 19.2 Å². The molecule has 1 aromatic rings. The third-order valence-electron chi connectivity index (χ3n) is 10.4. The van der Waals surface area contributed by atoms with Gasteiger partial charge in [0.1, 0.15) is 18.3 Å². The Morgan fingerprint density at radius 2 is 1.84 bits per heavy atom. The highest BCUT2D eigenvalue weighted by Crippen LogP contribution is 2.79. The van der Waals surface area contributed by atoms with E-state index in [0.29, 0.717) is 24.0 Å². The first-order chi connectivity index (χ1) is 17.8. The highest BCUT2D eigenvalue weighted by Gasteiger charge is 2.90.